The highest BCUT2D eigenvalue weighted by molar-refractivity contribution is 5.57. The van der Waals surface area contributed by atoms with Gasteiger partial charge in [-0.2, -0.15) is 0 Å². The third-order valence-electron chi connectivity index (χ3n) is 3.74. The fourth-order valence-electron chi connectivity index (χ4n) is 2.75. The number of aryl methyl sites for hydroxylation is 1. The minimum absolute atomic E-state index is 0.379. The third kappa shape index (κ3) is 1.99. The quantitative estimate of drug-likeness (QED) is 0.810. The molecule has 1 aromatic heterocycles. The average Bonchev–Trinajstić information content (AvgIpc) is 2.40. The lowest BCUT2D eigenvalue weighted by molar-refractivity contribution is 0.578. The molecule has 2 heteroatoms. The molecular weight excluding hydrogens is 220 g/mol. The van der Waals surface area contributed by atoms with Crippen molar-refractivity contribution in [3.63, 3.8) is 0 Å². The monoisotopic (exact) mass is 238 g/mol. The number of hydrogen-bond donors (Lipinski definition) is 1. The van der Waals surface area contributed by atoms with E-state index in [4.69, 9.17) is 0 Å². The van der Waals surface area contributed by atoms with Crippen LogP contribution in [0.3, 0.4) is 0 Å². The smallest absolute Gasteiger partial charge is 0.0534 e. The van der Waals surface area contributed by atoms with Gasteiger partial charge in [-0.05, 0) is 42.5 Å². The van der Waals surface area contributed by atoms with Gasteiger partial charge in [-0.1, -0.05) is 30.7 Å². The largest absolute Gasteiger partial charge is 0.378 e. The summed E-state index contributed by atoms with van der Waals surface area (Å²) in [5.41, 5.74) is 5.32. The summed E-state index contributed by atoms with van der Waals surface area (Å²) in [7, 11) is 0. The van der Waals surface area contributed by atoms with Crippen molar-refractivity contribution in [1.29, 1.82) is 0 Å². The van der Waals surface area contributed by atoms with Crippen molar-refractivity contribution in [2.75, 3.05) is 5.32 Å². The molecule has 1 aromatic carbocycles. The van der Waals surface area contributed by atoms with Gasteiger partial charge in [0, 0.05) is 18.1 Å². The molecule has 2 heterocycles. The van der Waals surface area contributed by atoms with E-state index in [1.165, 1.54) is 22.4 Å². The second-order valence-corrected chi connectivity index (χ2v) is 5.21. The lowest BCUT2D eigenvalue weighted by atomic mass is 9.85. The maximum atomic E-state index is 4.21. The molecule has 0 unspecified atom stereocenters. The van der Waals surface area contributed by atoms with Crippen LogP contribution in [0.15, 0.2) is 42.7 Å². The Bertz CT molecular complexity index is 548. The molecule has 1 aliphatic heterocycles. The summed E-state index contributed by atoms with van der Waals surface area (Å²) in [5, 5.41) is 3.63. The Kier molecular flexibility index (Phi) is 2.78. The first-order valence-corrected chi connectivity index (χ1v) is 6.51. The predicted molar refractivity (Wildman–Crippen MR) is 74.8 cm³/mol. The van der Waals surface area contributed by atoms with Crippen LogP contribution in [-0.2, 0) is 0 Å². The molecule has 0 radical (unpaired) electrons. The standard InChI is InChI=1S/C16H18N2/c1-11-5-6-15-14(8-11)12(2)9-16(18-15)13-4-3-7-17-10-13/h3-8,10,12,16,18H,9H2,1-2H3/t12-,16-/m0/s1. The summed E-state index contributed by atoms with van der Waals surface area (Å²) in [5.74, 6) is 0.589. The summed E-state index contributed by atoms with van der Waals surface area (Å²) in [6.45, 7) is 4.46. The minimum Gasteiger partial charge on any atom is -0.378 e. The molecule has 1 N–H and O–H groups in total. The molecule has 18 heavy (non-hydrogen) atoms. The number of pyridine rings is 1. The van der Waals surface area contributed by atoms with E-state index < -0.39 is 0 Å². The van der Waals surface area contributed by atoms with Gasteiger partial charge in [0.2, 0.25) is 0 Å². The zero-order chi connectivity index (χ0) is 12.5. The summed E-state index contributed by atoms with van der Waals surface area (Å²) in [4.78, 5) is 4.21. The van der Waals surface area contributed by atoms with Crippen molar-refractivity contribution in [2.45, 2.75) is 32.2 Å². The van der Waals surface area contributed by atoms with E-state index in [2.05, 4.69) is 48.4 Å². The van der Waals surface area contributed by atoms with Gasteiger partial charge in [0.25, 0.3) is 0 Å². The molecule has 0 saturated carbocycles. The molecule has 0 saturated heterocycles. The summed E-state index contributed by atoms with van der Waals surface area (Å²) in [6.07, 6.45) is 4.92. The first kappa shape index (κ1) is 11.3. The number of aromatic nitrogens is 1. The molecule has 0 fully saturated rings. The Labute approximate surface area is 108 Å². The summed E-state index contributed by atoms with van der Waals surface area (Å²) < 4.78 is 0. The molecular formula is C16H18N2. The van der Waals surface area contributed by atoms with Crippen molar-refractivity contribution < 1.29 is 0 Å². The highest BCUT2D eigenvalue weighted by atomic mass is 14.9. The van der Waals surface area contributed by atoms with Crippen LogP contribution >= 0.6 is 0 Å². The fraction of sp³-hybridized carbons (Fsp3) is 0.312. The Morgan fingerprint density at radius 2 is 2.17 bits per heavy atom. The topological polar surface area (TPSA) is 24.9 Å². The molecule has 2 nitrogen and oxygen atoms in total. The van der Waals surface area contributed by atoms with Crippen LogP contribution in [0, 0.1) is 6.92 Å². The van der Waals surface area contributed by atoms with Crippen LogP contribution in [0.1, 0.15) is 42.0 Å². The van der Waals surface area contributed by atoms with Crippen LogP contribution in [0.25, 0.3) is 0 Å². The van der Waals surface area contributed by atoms with Gasteiger partial charge in [-0.3, -0.25) is 4.98 Å². The molecule has 2 atom stereocenters. The van der Waals surface area contributed by atoms with Crippen LogP contribution in [-0.4, -0.2) is 4.98 Å². The van der Waals surface area contributed by atoms with Crippen LogP contribution in [0.5, 0.6) is 0 Å². The molecule has 0 bridgehead atoms. The lowest BCUT2D eigenvalue weighted by Crippen LogP contribution is -2.20. The zero-order valence-electron chi connectivity index (χ0n) is 10.9. The van der Waals surface area contributed by atoms with Crippen LogP contribution in [0.2, 0.25) is 0 Å². The van der Waals surface area contributed by atoms with Crippen LogP contribution < -0.4 is 5.32 Å². The Morgan fingerprint density at radius 3 is 2.94 bits per heavy atom. The Hall–Kier alpha value is -1.83. The van der Waals surface area contributed by atoms with Crippen molar-refractivity contribution in [3.05, 3.63) is 59.4 Å². The molecule has 0 spiro atoms. The molecule has 0 amide bonds. The van der Waals surface area contributed by atoms with Gasteiger partial charge in [0.1, 0.15) is 0 Å². The molecule has 0 aliphatic carbocycles. The van der Waals surface area contributed by atoms with E-state index >= 15 is 0 Å². The predicted octanol–water partition coefficient (Wildman–Crippen LogP) is 4.05. The van der Waals surface area contributed by atoms with E-state index in [1.54, 1.807) is 0 Å². The van der Waals surface area contributed by atoms with E-state index in [9.17, 15) is 0 Å². The SMILES string of the molecule is Cc1ccc2c(c1)[C@@H](C)C[C@@H](c1cccnc1)N2. The van der Waals surface area contributed by atoms with E-state index in [-0.39, 0.29) is 0 Å². The Balaban J connectivity index is 1.95. The average molecular weight is 238 g/mol. The van der Waals surface area contributed by atoms with Gasteiger partial charge >= 0.3 is 0 Å². The van der Waals surface area contributed by atoms with Gasteiger partial charge in [-0.25, -0.2) is 0 Å². The zero-order valence-corrected chi connectivity index (χ0v) is 10.9. The van der Waals surface area contributed by atoms with Gasteiger partial charge in [-0.15, -0.1) is 0 Å². The number of nitrogens with zero attached hydrogens (tertiary/aromatic N) is 1. The van der Waals surface area contributed by atoms with Crippen LogP contribution in [0.4, 0.5) is 5.69 Å². The second kappa shape index (κ2) is 4.45. The molecule has 92 valence electrons. The summed E-state index contributed by atoms with van der Waals surface area (Å²) in [6, 6.07) is 11.2. The van der Waals surface area contributed by atoms with Crippen molar-refractivity contribution >= 4 is 5.69 Å². The van der Waals surface area contributed by atoms with E-state index in [0.29, 0.717) is 12.0 Å². The number of fused-ring (bicyclic) bond motifs is 1. The normalized spacial score (nSPS) is 22.1. The number of nitrogens with one attached hydrogen (secondary N) is 1. The summed E-state index contributed by atoms with van der Waals surface area (Å²) >= 11 is 0. The fourth-order valence-corrected chi connectivity index (χ4v) is 2.75. The lowest BCUT2D eigenvalue weighted by Gasteiger charge is -2.32. The maximum Gasteiger partial charge on any atom is 0.0534 e. The first-order valence-electron chi connectivity index (χ1n) is 6.51. The van der Waals surface area contributed by atoms with E-state index in [0.717, 1.165) is 6.42 Å². The van der Waals surface area contributed by atoms with Crippen molar-refractivity contribution in [1.82, 2.24) is 4.98 Å². The Morgan fingerprint density at radius 1 is 1.28 bits per heavy atom. The van der Waals surface area contributed by atoms with E-state index in [1.807, 2.05) is 18.5 Å². The number of rotatable bonds is 1. The third-order valence-corrected chi connectivity index (χ3v) is 3.74. The van der Waals surface area contributed by atoms with Gasteiger partial charge in [0.15, 0.2) is 0 Å². The second-order valence-electron chi connectivity index (χ2n) is 5.21. The maximum absolute atomic E-state index is 4.21. The first-order chi connectivity index (χ1) is 8.74. The highest BCUT2D eigenvalue weighted by Crippen LogP contribution is 2.39. The molecule has 1 aliphatic rings. The van der Waals surface area contributed by atoms with Crippen molar-refractivity contribution in [3.8, 4) is 0 Å². The van der Waals surface area contributed by atoms with Gasteiger partial charge < -0.3 is 5.32 Å². The van der Waals surface area contributed by atoms with Crippen molar-refractivity contribution in [2.24, 2.45) is 0 Å². The number of anilines is 1. The van der Waals surface area contributed by atoms with Gasteiger partial charge in [0.05, 0.1) is 6.04 Å². The number of hydrogen-bond acceptors (Lipinski definition) is 2. The number of benzene rings is 1. The minimum atomic E-state index is 0.379. The molecule has 2 aromatic rings. The highest BCUT2D eigenvalue weighted by Gasteiger charge is 2.24. The molecule has 3 rings (SSSR count).